The van der Waals surface area contributed by atoms with Crippen LogP contribution in [0, 0.1) is 5.82 Å². The molecule has 1 saturated heterocycles. The van der Waals surface area contributed by atoms with Crippen molar-refractivity contribution in [1.29, 1.82) is 0 Å². The van der Waals surface area contributed by atoms with Crippen LogP contribution in [0.5, 0.6) is 0 Å². The van der Waals surface area contributed by atoms with E-state index in [4.69, 9.17) is 0 Å². The van der Waals surface area contributed by atoms with E-state index in [1.165, 1.54) is 22.5 Å². The summed E-state index contributed by atoms with van der Waals surface area (Å²) in [6.45, 7) is 0.978. The van der Waals surface area contributed by atoms with Crippen LogP contribution in [0.3, 0.4) is 0 Å². The molecular weight excluding hydrogens is 515 g/mol. The summed E-state index contributed by atoms with van der Waals surface area (Å²) in [4.78, 5) is 14.1. The first-order valence-electron chi connectivity index (χ1n) is 8.45. The van der Waals surface area contributed by atoms with Crippen LogP contribution in [-0.4, -0.2) is 49.7 Å². The number of carbonyl (C=O) groups excluding carboxylic acids is 1. The molecule has 0 bridgehead atoms. The van der Waals surface area contributed by atoms with E-state index in [1.807, 2.05) is 0 Å². The second-order valence-corrected chi connectivity index (χ2v) is 9.95. The Morgan fingerprint density at radius 2 is 1.57 bits per heavy atom. The lowest BCUT2D eigenvalue weighted by Crippen LogP contribution is -2.50. The lowest BCUT2D eigenvalue weighted by Gasteiger charge is -2.33. The molecule has 0 unspecified atom stereocenters. The van der Waals surface area contributed by atoms with E-state index in [0.29, 0.717) is 10.0 Å². The molecule has 2 aromatic rings. The molecule has 1 amide bonds. The van der Waals surface area contributed by atoms with Crippen LogP contribution >= 0.6 is 31.9 Å². The topological polar surface area (TPSA) is 57.7 Å². The maximum atomic E-state index is 13.8. The molecule has 1 aliphatic rings. The standard InChI is InChI=1S/C19H17Br2FN2O3S/c20-15-2-5-17(6-3-15)28(26,27)24-11-9-23(10-12-24)19(25)8-1-14-13-16(21)4-7-18(14)22/h1-8,13H,9-12H2. The Kier molecular flexibility index (Phi) is 6.69. The van der Waals surface area contributed by atoms with E-state index in [-0.39, 0.29) is 37.0 Å². The van der Waals surface area contributed by atoms with Crippen LogP contribution in [-0.2, 0) is 14.8 Å². The monoisotopic (exact) mass is 530 g/mol. The van der Waals surface area contributed by atoms with E-state index in [0.717, 1.165) is 4.47 Å². The summed E-state index contributed by atoms with van der Waals surface area (Å²) >= 11 is 6.55. The number of hydrogen-bond acceptors (Lipinski definition) is 3. The van der Waals surface area contributed by atoms with Crippen LogP contribution in [0.4, 0.5) is 4.39 Å². The molecule has 1 heterocycles. The van der Waals surface area contributed by atoms with Gasteiger partial charge >= 0.3 is 0 Å². The molecule has 9 heteroatoms. The van der Waals surface area contributed by atoms with Gasteiger partial charge in [-0.2, -0.15) is 4.31 Å². The van der Waals surface area contributed by atoms with E-state index in [9.17, 15) is 17.6 Å². The highest BCUT2D eigenvalue weighted by atomic mass is 79.9. The van der Waals surface area contributed by atoms with Gasteiger partial charge in [0.25, 0.3) is 0 Å². The van der Waals surface area contributed by atoms with Gasteiger partial charge in [0.15, 0.2) is 0 Å². The number of sulfonamides is 1. The predicted molar refractivity (Wildman–Crippen MR) is 113 cm³/mol. The molecule has 3 rings (SSSR count). The molecular formula is C19H17Br2FN2O3S. The molecule has 0 saturated carbocycles. The number of halogens is 3. The Morgan fingerprint density at radius 3 is 2.21 bits per heavy atom. The highest BCUT2D eigenvalue weighted by Gasteiger charge is 2.29. The van der Waals surface area contributed by atoms with Gasteiger partial charge in [0.1, 0.15) is 5.82 Å². The minimum Gasteiger partial charge on any atom is -0.337 e. The van der Waals surface area contributed by atoms with Crippen molar-refractivity contribution in [3.8, 4) is 0 Å². The Labute approximate surface area is 180 Å². The average Bonchev–Trinajstić information content (AvgIpc) is 2.69. The van der Waals surface area contributed by atoms with Crippen LogP contribution in [0.1, 0.15) is 5.56 Å². The summed E-state index contributed by atoms with van der Waals surface area (Å²) in [5.41, 5.74) is 0.305. The number of rotatable bonds is 4. The van der Waals surface area contributed by atoms with E-state index >= 15 is 0 Å². The first kappa shape index (κ1) is 21.2. The Hall–Kier alpha value is -1.55. The molecule has 0 aromatic heterocycles. The molecule has 1 aliphatic heterocycles. The second kappa shape index (κ2) is 8.86. The van der Waals surface area contributed by atoms with Gasteiger partial charge in [-0.25, -0.2) is 12.8 Å². The zero-order valence-electron chi connectivity index (χ0n) is 14.7. The van der Waals surface area contributed by atoms with Gasteiger partial charge in [0.2, 0.25) is 15.9 Å². The number of nitrogens with zero attached hydrogens (tertiary/aromatic N) is 2. The fourth-order valence-corrected chi connectivity index (χ4v) is 4.88. The van der Waals surface area contributed by atoms with Crippen LogP contribution in [0.2, 0.25) is 0 Å². The van der Waals surface area contributed by atoms with E-state index < -0.39 is 15.8 Å². The zero-order chi connectivity index (χ0) is 20.3. The lowest BCUT2D eigenvalue weighted by atomic mass is 10.2. The Bertz CT molecular complexity index is 1000. The Morgan fingerprint density at radius 1 is 0.964 bits per heavy atom. The predicted octanol–water partition coefficient (Wildman–Crippen LogP) is 3.90. The minimum absolute atomic E-state index is 0.212. The number of benzene rings is 2. The number of amides is 1. The third-order valence-electron chi connectivity index (χ3n) is 4.37. The molecule has 1 fully saturated rings. The quantitative estimate of drug-likeness (QED) is 0.562. The molecule has 0 N–H and O–H groups in total. The molecule has 148 valence electrons. The SMILES string of the molecule is O=C(C=Cc1cc(Br)ccc1F)N1CCN(S(=O)(=O)c2ccc(Br)cc2)CC1. The lowest BCUT2D eigenvalue weighted by molar-refractivity contribution is -0.127. The molecule has 0 atom stereocenters. The Balaban J connectivity index is 1.63. The average molecular weight is 532 g/mol. The summed E-state index contributed by atoms with van der Waals surface area (Å²) < 4.78 is 42.1. The largest absolute Gasteiger partial charge is 0.337 e. The van der Waals surface area contributed by atoms with Crippen molar-refractivity contribution in [2.45, 2.75) is 4.90 Å². The van der Waals surface area contributed by atoms with Crippen molar-refractivity contribution < 1.29 is 17.6 Å². The van der Waals surface area contributed by atoms with Gasteiger partial charge < -0.3 is 4.90 Å². The van der Waals surface area contributed by atoms with Gasteiger partial charge in [-0.15, -0.1) is 0 Å². The van der Waals surface area contributed by atoms with Gasteiger partial charge in [-0.1, -0.05) is 31.9 Å². The van der Waals surface area contributed by atoms with Crippen molar-refractivity contribution in [3.63, 3.8) is 0 Å². The van der Waals surface area contributed by atoms with E-state index in [1.54, 1.807) is 41.3 Å². The third-order valence-corrected chi connectivity index (χ3v) is 7.30. The fourth-order valence-electron chi connectivity index (χ4n) is 2.81. The number of carbonyl (C=O) groups is 1. The van der Waals surface area contributed by atoms with Crippen molar-refractivity contribution >= 4 is 53.9 Å². The van der Waals surface area contributed by atoms with Gasteiger partial charge in [0.05, 0.1) is 4.90 Å². The summed E-state index contributed by atoms with van der Waals surface area (Å²) in [6.07, 6.45) is 2.73. The first-order chi connectivity index (χ1) is 13.3. The molecule has 0 aliphatic carbocycles. The van der Waals surface area contributed by atoms with Gasteiger partial charge in [-0.05, 0) is 48.5 Å². The smallest absolute Gasteiger partial charge is 0.246 e. The normalized spacial score (nSPS) is 15.9. The fraction of sp³-hybridized carbons (Fsp3) is 0.211. The maximum absolute atomic E-state index is 13.8. The third kappa shape index (κ3) is 4.89. The highest BCUT2D eigenvalue weighted by Crippen LogP contribution is 2.21. The summed E-state index contributed by atoms with van der Waals surface area (Å²) in [5, 5.41) is 0. The van der Waals surface area contributed by atoms with Crippen LogP contribution in [0.15, 0.2) is 62.4 Å². The van der Waals surface area contributed by atoms with Crippen molar-refractivity contribution in [2.24, 2.45) is 0 Å². The molecule has 2 aromatic carbocycles. The summed E-state index contributed by atoms with van der Waals surface area (Å²) in [6, 6.07) is 10.9. The van der Waals surface area contributed by atoms with Gasteiger partial charge in [0, 0.05) is 46.8 Å². The minimum atomic E-state index is -3.59. The zero-order valence-corrected chi connectivity index (χ0v) is 18.7. The van der Waals surface area contributed by atoms with E-state index in [2.05, 4.69) is 31.9 Å². The van der Waals surface area contributed by atoms with Crippen molar-refractivity contribution in [2.75, 3.05) is 26.2 Å². The molecule has 0 spiro atoms. The van der Waals surface area contributed by atoms with Crippen LogP contribution in [0.25, 0.3) is 6.08 Å². The maximum Gasteiger partial charge on any atom is 0.246 e. The van der Waals surface area contributed by atoms with Gasteiger partial charge in [-0.3, -0.25) is 4.79 Å². The number of hydrogen-bond donors (Lipinski definition) is 0. The highest BCUT2D eigenvalue weighted by molar-refractivity contribution is 9.10. The van der Waals surface area contributed by atoms with Crippen molar-refractivity contribution in [1.82, 2.24) is 9.21 Å². The molecule has 5 nitrogen and oxygen atoms in total. The summed E-state index contributed by atoms with van der Waals surface area (Å²) in [5.74, 6) is -0.697. The molecule has 0 radical (unpaired) electrons. The summed E-state index contributed by atoms with van der Waals surface area (Å²) in [7, 11) is -3.59. The first-order valence-corrected chi connectivity index (χ1v) is 11.5. The second-order valence-electron chi connectivity index (χ2n) is 6.18. The van der Waals surface area contributed by atoms with Crippen molar-refractivity contribution in [3.05, 3.63) is 68.9 Å². The van der Waals surface area contributed by atoms with Crippen LogP contribution < -0.4 is 0 Å². The molecule has 28 heavy (non-hydrogen) atoms. The number of piperazine rings is 1.